The van der Waals surface area contributed by atoms with Crippen molar-refractivity contribution < 1.29 is 8.78 Å². The van der Waals surface area contributed by atoms with Crippen LogP contribution < -0.4 is 5.32 Å². The zero-order valence-electron chi connectivity index (χ0n) is 15.4. The van der Waals surface area contributed by atoms with Crippen LogP contribution in [-0.4, -0.2) is 33.1 Å². The highest BCUT2D eigenvalue weighted by molar-refractivity contribution is 5.89. The van der Waals surface area contributed by atoms with Crippen molar-refractivity contribution in [3.8, 4) is 11.1 Å². The number of nitrogens with zero attached hydrogens (tertiary/aromatic N) is 4. The Kier molecular flexibility index (Phi) is 4.05. The average molecular weight is 379 g/mol. The van der Waals surface area contributed by atoms with Crippen molar-refractivity contribution in [1.29, 1.82) is 0 Å². The predicted octanol–water partition coefficient (Wildman–Crippen LogP) is 3.93. The largest absolute Gasteiger partial charge is 0.317 e. The summed E-state index contributed by atoms with van der Waals surface area (Å²) in [6, 6.07) is 8.22. The van der Waals surface area contributed by atoms with Gasteiger partial charge in [-0.2, -0.15) is 15.3 Å². The van der Waals surface area contributed by atoms with Gasteiger partial charge in [0, 0.05) is 23.7 Å². The fraction of sp³-hybridized carbons (Fsp3) is 0.286. The van der Waals surface area contributed by atoms with E-state index in [4.69, 9.17) is 0 Å². The molecule has 0 amide bonds. The van der Waals surface area contributed by atoms with Gasteiger partial charge in [-0.1, -0.05) is 0 Å². The molecule has 0 atom stereocenters. The second-order valence-corrected chi connectivity index (χ2v) is 7.35. The molecule has 142 valence electrons. The van der Waals surface area contributed by atoms with E-state index in [0.29, 0.717) is 38.9 Å². The Bertz CT molecular complexity index is 1190. The SMILES string of the molecule is Cn1ncc2cc(-c3cc(F)c4cc(C5CCNCC5)nnc4c3)cc(F)c21. The van der Waals surface area contributed by atoms with E-state index < -0.39 is 0 Å². The predicted molar refractivity (Wildman–Crippen MR) is 104 cm³/mol. The van der Waals surface area contributed by atoms with Gasteiger partial charge in [-0.15, -0.1) is 0 Å². The number of aromatic nitrogens is 4. The Balaban J connectivity index is 1.59. The maximum absolute atomic E-state index is 14.9. The van der Waals surface area contributed by atoms with Crippen molar-refractivity contribution in [1.82, 2.24) is 25.3 Å². The van der Waals surface area contributed by atoms with E-state index in [0.717, 1.165) is 31.6 Å². The molecule has 0 spiro atoms. The Hall–Kier alpha value is -2.93. The van der Waals surface area contributed by atoms with Crippen LogP contribution in [0.25, 0.3) is 32.9 Å². The Morgan fingerprint density at radius 1 is 0.964 bits per heavy atom. The van der Waals surface area contributed by atoms with E-state index in [1.807, 2.05) is 12.1 Å². The fourth-order valence-electron chi connectivity index (χ4n) is 4.03. The molecule has 28 heavy (non-hydrogen) atoms. The first-order valence-electron chi connectivity index (χ1n) is 9.39. The molecular weight excluding hydrogens is 360 g/mol. The van der Waals surface area contributed by atoms with Crippen LogP contribution in [0.15, 0.2) is 36.5 Å². The van der Waals surface area contributed by atoms with Gasteiger partial charge in [0.1, 0.15) is 17.2 Å². The smallest absolute Gasteiger partial charge is 0.149 e. The van der Waals surface area contributed by atoms with Crippen LogP contribution in [0, 0.1) is 11.6 Å². The summed E-state index contributed by atoms with van der Waals surface area (Å²) in [5, 5.41) is 17.1. The molecule has 1 aliphatic heterocycles. The first-order valence-corrected chi connectivity index (χ1v) is 9.39. The monoisotopic (exact) mass is 379 g/mol. The van der Waals surface area contributed by atoms with Crippen molar-refractivity contribution in [3.63, 3.8) is 0 Å². The highest BCUT2D eigenvalue weighted by Gasteiger charge is 2.19. The molecule has 1 fully saturated rings. The zero-order chi connectivity index (χ0) is 19.3. The van der Waals surface area contributed by atoms with E-state index in [1.165, 1.54) is 16.8 Å². The highest BCUT2D eigenvalue weighted by Crippen LogP contribution is 2.31. The summed E-state index contributed by atoms with van der Waals surface area (Å²) in [5.74, 6) is -0.455. The third-order valence-corrected chi connectivity index (χ3v) is 5.55. The lowest BCUT2D eigenvalue weighted by Crippen LogP contribution is -2.27. The minimum absolute atomic E-state index is 0.305. The fourth-order valence-corrected chi connectivity index (χ4v) is 4.03. The first kappa shape index (κ1) is 17.2. The lowest BCUT2D eigenvalue weighted by Gasteiger charge is -2.21. The van der Waals surface area contributed by atoms with E-state index in [1.54, 1.807) is 19.3 Å². The molecule has 2 aromatic heterocycles. The summed E-state index contributed by atoms with van der Waals surface area (Å²) in [4.78, 5) is 0. The maximum atomic E-state index is 14.9. The molecule has 3 heterocycles. The molecule has 7 heteroatoms. The summed E-state index contributed by atoms with van der Waals surface area (Å²) in [5.41, 5.74) is 2.89. The van der Waals surface area contributed by atoms with Gasteiger partial charge in [-0.3, -0.25) is 4.68 Å². The van der Waals surface area contributed by atoms with Gasteiger partial charge >= 0.3 is 0 Å². The number of hydrogen-bond donors (Lipinski definition) is 1. The summed E-state index contributed by atoms with van der Waals surface area (Å²) in [6.07, 6.45) is 3.55. The number of fused-ring (bicyclic) bond motifs is 2. The summed E-state index contributed by atoms with van der Waals surface area (Å²) < 4.78 is 30.9. The first-order chi connectivity index (χ1) is 13.6. The van der Waals surface area contributed by atoms with E-state index in [2.05, 4.69) is 20.6 Å². The van der Waals surface area contributed by atoms with Crippen LogP contribution in [0.2, 0.25) is 0 Å². The number of halogens is 2. The molecule has 0 radical (unpaired) electrons. The molecule has 0 saturated carbocycles. The second-order valence-electron chi connectivity index (χ2n) is 7.35. The Labute approximate surface area is 160 Å². The maximum Gasteiger partial charge on any atom is 0.149 e. The van der Waals surface area contributed by atoms with E-state index in [-0.39, 0.29) is 11.6 Å². The van der Waals surface area contributed by atoms with Gasteiger partial charge in [0.15, 0.2) is 0 Å². The normalized spacial score (nSPS) is 15.5. The molecule has 0 unspecified atom stereocenters. The standard InChI is InChI=1S/C21H19F2N5/c1-28-21-15(11-25-28)6-13(8-18(21)23)14-7-17(22)16-10-19(26-27-20(16)9-14)12-2-4-24-5-3-12/h6-12,24H,2-5H2,1H3. The molecule has 5 nitrogen and oxygen atoms in total. The lowest BCUT2D eigenvalue weighted by molar-refractivity contribution is 0.451. The van der Waals surface area contributed by atoms with Gasteiger partial charge in [-0.05, 0) is 67.4 Å². The number of piperidine rings is 1. The topological polar surface area (TPSA) is 55.6 Å². The van der Waals surface area contributed by atoms with Crippen LogP contribution in [0.1, 0.15) is 24.5 Å². The summed E-state index contributed by atoms with van der Waals surface area (Å²) in [7, 11) is 1.69. The van der Waals surface area contributed by atoms with Crippen molar-refractivity contribution in [2.45, 2.75) is 18.8 Å². The molecule has 0 bridgehead atoms. The summed E-state index contributed by atoms with van der Waals surface area (Å²) in [6.45, 7) is 1.88. The van der Waals surface area contributed by atoms with Gasteiger partial charge in [0.25, 0.3) is 0 Å². The van der Waals surface area contributed by atoms with Crippen LogP contribution >= 0.6 is 0 Å². The average Bonchev–Trinajstić information content (AvgIpc) is 3.09. The van der Waals surface area contributed by atoms with Gasteiger partial charge in [0.05, 0.1) is 17.4 Å². The molecule has 1 N–H and O–H groups in total. The number of rotatable bonds is 2. The van der Waals surface area contributed by atoms with E-state index in [9.17, 15) is 8.78 Å². The zero-order valence-corrected chi connectivity index (χ0v) is 15.4. The molecule has 4 aromatic rings. The molecule has 1 saturated heterocycles. The minimum Gasteiger partial charge on any atom is -0.317 e. The van der Waals surface area contributed by atoms with Crippen molar-refractivity contribution in [2.24, 2.45) is 7.05 Å². The Morgan fingerprint density at radius 2 is 1.71 bits per heavy atom. The second kappa shape index (κ2) is 6.60. The molecule has 0 aliphatic carbocycles. The molecule has 5 rings (SSSR count). The number of aryl methyl sites for hydroxylation is 1. The third-order valence-electron chi connectivity index (χ3n) is 5.55. The van der Waals surface area contributed by atoms with Gasteiger partial charge in [0.2, 0.25) is 0 Å². The van der Waals surface area contributed by atoms with Crippen molar-refractivity contribution in [3.05, 3.63) is 53.9 Å². The van der Waals surface area contributed by atoms with Crippen LogP contribution in [0.5, 0.6) is 0 Å². The molecule has 2 aromatic carbocycles. The van der Waals surface area contributed by atoms with Crippen molar-refractivity contribution >= 4 is 21.8 Å². The lowest BCUT2D eigenvalue weighted by atomic mass is 9.93. The minimum atomic E-state index is -0.389. The quantitative estimate of drug-likeness (QED) is 0.573. The number of nitrogens with one attached hydrogen (secondary N) is 1. The Morgan fingerprint density at radius 3 is 2.54 bits per heavy atom. The van der Waals surface area contributed by atoms with Crippen LogP contribution in [0.3, 0.4) is 0 Å². The third kappa shape index (κ3) is 2.82. The highest BCUT2D eigenvalue weighted by atomic mass is 19.1. The van der Waals surface area contributed by atoms with Gasteiger partial charge in [-0.25, -0.2) is 8.78 Å². The van der Waals surface area contributed by atoms with Crippen molar-refractivity contribution in [2.75, 3.05) is 13.1 Å². The van der Waals surface area contributed by atoms with E-state index >= 15 is 0 Å². The van der Waals surface area contributed by atoms with Crippen LogP contribution in [0.4, 0.5) is 8.78 Å². The number of benzene rings is 2. The van der Waals surface area contributed by atoms with Crippen LogP contribution in [-0.2, 0) is 7.05 Å². The van der Waals surface area contributed by atoms with Gasteiger partial charge < -0.3 is 5.32 Å². The summed E-state index contributed by atoms with van der Waals surface area (Å²) >= 11 is 0. The molecular formula is C21H19F2N5. The number of hydrogen-bond acceptors (Lipinski definition) is 4. The molecule has 1 aliphatic rings.